The van der Waals surface area contributed by atoms with E-state index in [1.165, 1.54) is 39.5 Å². The Balaban J connectivity index is 1.94. The highest BCUT2D eigenvalue weighted by Crippen LogP contribution is 2.40. The predicted octanol–water partition coefficient (Wildman–Crippen LogP) is 3.19. The Bertz CT molecular complexity index is 1130. The van der Waals surface area contributed by atoms with Gasteiger partial charge >= 0.3 is 11.6 Å². The van der Waals surface area contributed by atoms with Crippen LogP contribution in [0.5, 0.6) is 23.0 Å². The van der Waals surface area contributed by atoms with E-state index in [1.807, 2.05) is 0 Å². The summed E-state index contributed by atoms with van der Waals surface area (Å²) in [6, 6.07) is 7.40. The fraction of sp³-hybridized carbons (Fsp3) is 0.238. The molecule has 0 aliphatic carbocycles. The van der Waals surface area contributed by atoms with Crippen LogP contribution >= 0.6 is 0 Å². The molecule has 1 aromatic heterocycles. The van der Waals surface area contributed by atoms with Crippen molar-refractivity contribution in [1.29, 1.82) is 0 Å². The van der Waals surface area contributed by atoms with Gasteiger partial charge in [0.15, 0.2) is 11.5 Å². The number of hydrogen-bond acceptors (Lipinski definition) is 8. The van der Waals surface area contributed by atoms with Crippen molar-refractivity contribution in [2.24, 2.45) is 0 Å². The molecule has 0 bridgehead atoms. The fourth-order valence-electron chi connectivity index (χ4n) is 3.02. The standard InChI is InChI=1S/C21H20O8/c1-11-15(22)7-5-13-12(9-17(23)29-18(11)13)10-28-21(24)14-6-8-16(25-2)20(27-4)19(14)26-3/h5-9,22H,10H2,1-4H3. The molecule has 8 heteroatoms. The van der Waals surface area contributed by atoms with Crippen molar-refractivity contribution >= 4 is 16.9 Å². The third-order valence-electron chi connectivity index (χ3n) is 4.50. The molecular weight excluding hydrogens is 380 g/mol. The molecule has 0 spiro atoms. The van der Waals surface area contributed by atoms with Gasteiger partial charge in [-0.25, -0.2) is 9.59 Å². The van der Waals surface area contributed by atoms with Crippen LogP contribution in [0.3, 0.4) is 0 Å². The van der Waals surface area contributed by atoms with Gasteiger partial charge in [-0.2, -0.15) is 0 Å². The molecule has 1 heterocycles. The van der Waals surface area contributed by atoms with Crippen LogP contribution in [0.2, 0.25) is 0 Å². The monoisotopic (exact) mass is 400 g/mol. The van der Waals surface area contributed by atoms with Crippen molar-refractivity contribution in [3.63, 3.8) is 0 Å². The van der Waals surface area contributed by atoms with E-state index in [1.54, 1.807) is 19.1 Å². The largest absolute Gasteiger partial charge is 0.508 e. The SMILES string of the molecule is COc1ccc(C(=O)OCc2cc(=O)oc3c(C)c(O)ccc23)c(OC)c1OC. The van der Waals surface area contributed by atoms with Gasteiger partial charge in [0.25, 0.3) is 0 Å². The number of rotatable bonds is 6. The predicted molar refractivity (Wildman–Crippen MR) is 104 cm³/mol. The second-order valence-corrected chi connectivity index (χ2v) is 6.14. The Labute approximate surface area is 166 Å². The average Bonchev–Trinajstić information content (AvgIpc) is 2.73. The number of ether oxygens (including phenoxy) is 4. The molecule has 1 N–H and O–H groups in total. The second kappa shape index (κ2) is 8.14. The van der Waals surface area contributed by atoms with Gasteiger partial charge in [-0.3, -0.25) is 0 Å². The molecule has 8 nitrogen and oxygen atoms in total. The summed E-state index contributed by atoms with van der Waals surface area (Å²) in [7, 11) is 4.31. The number of carbonyl (C=O) groups excluding carboxylic acids is 1. The lowest BCUT2D eigenvalue weighted by Crippen LogP contribution is -2.10. The summed E-state index contributed by atoms with van der Waals surface area (Å²) in [5.41, 5.74) is 0.654. The van der Waals surface area contributed by atoms with Gasteiger partial charge in [0.05, 0.1) is 21.3 Å². The third-order valence-corrected chi connectivity index (χ3v) is 4.50. The number of benzene rings is 2. The number of esters is 1. The molecule has 0 amide bonds. The molecule has 0 aliphatic rings. The summed E-state index contributed by atoms with van der Waals surface area (Å²) in [5.74, 6) is 0.184. The summed E-state index contributed by atoms with van der Waals surface area (Å²) in [5, 5.41) is 10.4. The first-order chi connectivity index (χ1) is 13.9. The Kier molecular flexibility index (Phi) is 5.63. The Morgan fingerprint density at radius 3 is 2.41 bits per heavy atom. The molecular formula is C21H20O8. The molecule has 0 saturated carbocycles. The van der Waals surface area contributed by atoms with Gasteiger partial charge < -0.3 is 28.5 Å². The average molecular weight is 400 g/mol. The van der Waals surface area contributed by atoms with Crippen LogP contribution in [0.25, 0.3) is 11.0 Å². The third kappa shape index (κ3) is 3.69. The summed E-state index contributed by atoms with van der Waals surface area (Å²) in [4.78, 5) is 24.6. The lowest BCUT2D eigenvalue weighted by atomic mass is 10.1. The molecule has 2 aromatic carbocycles. The molecule has 29 heavy (non-hydrogen) atoms. The van der Waals surface area contributed by atoms with Crippen LogP contribution < -0.4 is 19.8 Å². The highest BCUT2D eigenvalue weighted by molar-refractivity contribution is 5.94. The first-order valence-corrected chi connectivity index (χ1v) is 8.62. The number of fused-ring (bicyclic) bond motifs is 1. The molecule has 0 unspecified atom stereocenters. The number of aromatic hydroxyl groups is 1. The fourth-order valence-corrected chi connectivity index (χ4v) is 3.02. The minimum Gasteiger partial charge on any atom is -0.508 e. The Hall–Kier alpha value is -3.68. The molecule has 0 aliphatic heterocycles. The van der Waals surface area contributed by atoms with Gasteiger partial charge in [-0.1, -0.05) is 0 Å². The highest BCUT2D eigenvalue weighted by atomic mass is 16.5. The van der Waals surface area contributed by atoms with E-state index < -0.39 is 11.6 Å². The van der Waals surface area contributed by atoms with Gasteiger partial charge in [-0.05, 0) is 31.2 Å². The molecule has 3 aromatic rings. The number of carbonyl (C=O) groups is 1. The molecule has 0 fully saturated rings. The second-order valence-electron chi connectivity index (χ2n) is 6.14. The summed E-state index contributed by atoms with van der Waals surface area (Å²) in [6.45, 7) is 1.45. The summed E-state index contributed by atoms with van der Waals surface area (Å²) < 4.78 is 26.4. The summed E-state index contributed by atoms with van der Waals surface area (Å²) in [6.07, 6.45) is 0. The van der Waals surface area contributed by atoms with Crippen molar-refractivity contribution in [2.75, 3.05) is 21.3 Å². The summed E-state index contributed by atoms with van der Waals surface area (Å²) >= 11 is 0. The first-order valence-electron chi connectivity index (χ1n) is 8.62. The van der Waals surface area contributed by atoms with Crippen molar-refractivity contribution in [1.82, 2.24) is 0 Å². The van der Waals surface area contributed by atoms with Gasteiger partial charge in [-0.15, -0.1) is 0 Å². The Morgan fingerprint density at radius 2 is 1.76 bits per heavy atom. The number of phenolic OH excluding ortho intramolecular Hbond substituents is 1. The van der Waals surface area contributed by atoms with E-state index in [2.05, 4.69) is 0 Å². The van der Waals surface area contributed by atoms with Gasteiger partial charge in [0.2, 0.25) is 5.75 Å². The maximum absolute atomic E-state index is 12.7. The first kappa shape index (κ1) is 20.1. The van der Waals surface area contributed by atoms with Crippen molar-refractivity contribution < 1.29 is 33.3 Å². The van der Waals surface area contributed by atoms with Crippen molar-refractivity contribution in [3.05, 3.63) is 57.4 Å². The van der Waals surface area contributed by atoms with Gasteiger partial charge in [0.1, 0.15) is 23.5 Å². The quantitative estimate of drug-likeness (QED) is 0.497. The van der Waals surface area contributed by atoms with E-state index >= 15 is 0 Å². The number of hydrogen-bond donors (Lipinski definition) is 1. The topological polar surface area (TPSA) is 104 Å². The van der Waals surface area contributed by atoms with E-state index in [-0.39, 0.29) is 35.0 Å². The smallest absolute Gasteiger partial charge is 0.342 e. The zero-order valence-corrected chi connectivity index (χ0v) is 16.4. The van der Waals surface area contributed by atoms with Crippen LogP contribution in [-0.4, -0.2) is 32.4 Å². The minimum atomic E-state index is -0.667. The lowest BCUT2D eigenvalue weighted by Gasteiger charge is -2.15. The van der Waals surface area contributed by atoms with Crippen LogP contribution in [0.4, 0.5) is 0 Å². The zero-order chi connectivity index (χ0) is 21.1. The zero-order valence-electron chi connectivity index (χ0n) is 16.4. The molecule has 152 valence electrons. The molecule has 0 atom stereocenters. The normalized spacial score (nSPS) is 10.6. The highest BCUT2D eigenvalue weighted by Gasteiger charge is 2.22. The van der Waals surface area contributed by atoms with Crippen LogP contribution in [0.1, 0.15) is 21.5 Å². The van der Waals surface area contributed by atoms with Crippen molar-refractivity contribution in [3.8, 4) is 23.0 Å². The van der Waals surface area contributed by atoms with E-state index in [4.69, 9.17) is 23.4 Å². The van der Waals surface area contributed by atoms with E-state index in [9.17, 15) is 14.7 Å². The number of methoxy groups -OCH3 is 3. The molecule has 0 saturated heterocycles. The van der Waals surface area contributed by atoms with E-state index in [0.717, 1.165) is 0 Å². The maximum atomic E-state index is 12.7. The van der Waals surface area contributed by atoms with Crippen LogP contribution in [0, 0.1) is 6.92 Å². The van der Waals surface area contributed by atoms with Crippen molar-refractivity contribution in [2.45, 2.75) is 13.5 Å². The molecule has 3 rings (SSSR count). The molecule has 0 radical (unpaired) electrons. The van der Waals surface area contributed by atoms with Crippen LogP contribution in [-0.2, 0) is 11.3 Å². The van der Waals surface area contributed by atoms with Crippen LogP contribution in [0.15, 0.2) is 39.5 Å². The van der Waals surface area contributed by atoms with E-state index in [0.29, 0.717) is 22.3 Å². The number of aryl methyl sites for hydroxylation is 1. The Morgan fingerprint density at radius 1 is 1.03 bits per heavy atom. The lowest BCUT2D eigenvalue weighted by molar-refractivity contribution is 0.0469. The maximum Gasteiger partial charge on any atom is 0.342 e. The van der Waals surface area contributed by atoms with Gasteiger partial charge in [0, 0.05) is 22.6 Å². The minimum absolute atomic E-state index is 0.00450. The number of phenols is 1.